The Kier molecular flexibility index (Phi) is 5.12. The van der Waals surface area contributed by atoms with Crippen molar-refractivity contribution in [2.75, 3.05) is 6.61 Å². The van der Waals surface area contributed by atoms with Gasteiger partial charge in [-0.2, -0.15) is 0 Å². The number of aromatic nitrogens is 1. The topological polar surface area (TPSA) is 59.4 Å². The van der Waals surface area contributed by atoms with Crippen LogP contribution in [0.3, 0.4) is 0 Å². The van der Waals surface area contributed by atoms with E-state index in [1.165, 1.54) is 0 Å². The number of hydrogen-bond acceptors (Lipinski definition) is 4. The fraction of sp³-hybridized carbons (Fsp3) is 0.333. The number of nitrogens with zero attached hydrogens (tertiary/aromatic N) is 1. The zero-order valence-electron chi connectivity index (χ0n) is 11.3. The van der Waals surface area contributed by atoms with Crippen molar-refractivity contribution < 1.29 is 14.6 Å². The van der Waals surface area contributed by atoms with Crippen LogP contribution in [0.25, 0.3) is 10.6 Å². The third-order valence-electron chi connectivity index (χ3n) is 2.77. The molecule has 1 aromatic heterocycles. The predicted octanol–water partition coefficient (Wildman–Crippen LogP) is 3.75. The highest BCUT2D eigenvalue weighted by Crippen LogP contribution is 2.25. The van der Waals surface area contributed by atoms with E-state index in [2.05, 4.69) is 4.98 Å². The molecule has 5 heteroatoms. The van der Waals surface area contributed by atoms with Crippen LogP contribution in [0.5, 0.6) is 5.75 Å². The molecule has 0 saturated heterocycles. The SMILES string of the molecule is Cc1csc(-c2ccc(OCCCCC(=O)O)cc2)n1. The third-order valence-corrected chi connectivity index (χ3v) is 3.78. The Balaban J connectivity index is 1.81. The van der Waals surface area contributed by atoms with Gasteiger partial charge in [0.1, 0.15) is 10.8 Å². The van der Waals surface area contributed by atoms with Gasteiger partial charge in [0.05, 0.1) is 6.61 Å². The molecule has 2 rings (SSSR count). The van der Waals surface area contributed by atoms with Gasteiger partial charge in [0.2, 0.25) is 0 Å². The van der Waals surface area contributed by atoms with Gasteiger partial charge in [-0.3, -0.25) is 4.79 Å². The molecule has 0 saturated carbocycles. The Morgan fingerprint density at radius 3 is 2.65 bits per heavy atom. The molecular weight excluding hydrogens is 274 g/mol. The number of rotatable bonds is 7. The molecule has 0 fully saturated rings. The highest BCUT2D eigenvalue weighted by molar-refractivity contribution is 7.13. The lowest BCUT2D eigenvalue weighted by atomic mass is 10.2. The van der Waals surface area contributed by atoms with Crippen molar-refractivity contribution in [1.29, 1.82) is 0 Å². The van der Waals surface area contributed by atoms with Gasteiger partial charge < -0.3 is 9.84 Å². The van der Waals surface area contributed by atoms with Gasteiger partial charge in [-0.05, 0) is 44.0 Å². The van der Waals surface area contributed by atoms with Crippen molar-refractivity contribution in [2.24, 2.45) is 0 Å². The van der Waals surface area contributed by atoms with Crippen LogP contribution in [-0.2, 0) is 4.79 Å². The quantitative estimate of drug-likeness (QED) is 0.789. The second kappa shape index (κ2) is 7.05. The Hall–Kier alpha value is -1.88. The first-order chi connectivity index (χ1) is 9.65. The summed E-state index contributed by atoms with van der Waals surface area (Å²) in [6.07, 6.45) is 1.59. The highest BCUT2D eigenvalue weighted by atomic mass is 32.1. The average Bonchev–Trinajstić information content (AvgIpc) is 2.85. The van der Waals surface area contributed by atoms with Crippen LogP contribution in [0.15, 0.2) is 29.6 Å². The number of aliphatic carboxylic acids is 1. The van der Waals surface area contributed by atoms with Crippen molar-refractivity contribution in [3.63, 3.8) is 0 Å². The van der Waals surface area contributed by atoms with E-state index in [9.17, 15) is 4.79 Å². The zero-order valence-corrected chi connectivity index (χ0v) is 12.2. The summed E-state index contributed by atoms with van der Waals surface area (Å²) in [6.45, 7) is 2.53. The molecule has 0 unspecified atom stereocenters. The molecular formula is C15H17NO3S. The lowest BCUT2D eigenvalue weighted by Gasteiger charge is -2.06. The molecule has 0 aliphatic heterocycles. The van der Waals surface area contributed by atoms with Gasteiger partial charge in [0.25, 0.3) is 0 Å². The van der Waals surface area contributed by atoms with Crippen molar-refractivity contribution in [2.45, 2.75) is 26.2 Å². The molecule has 0 bridgehead atoms. The summed E-state index contributed by atoms with van der Waals surface area (Å²) >= 11 is 1.63. The maximum Gasteiger partial charge on any atom is 0.303 e. The monoisotopic (exact) mass is 291 g/mol. The fourth-order valence-corrected chi connectivity index (χ4v) is 2.55. The summed E-state index contributed by atoms with van der Waals surface area (Å²) < 4.78 is 5.57. The molecule has 0 spiro atoms. The Labute approximate surface area is 122 Å². The molecule has 1 heterocycles. The van der Waals surface area contributed by atoms with Crippen molar-refractivity contribution in [3.8, 4) is 16.3 Å². The van der Waals surface area contributed by atoms with Crippen LogP contribution in [0.4, 0.5) is 0 Å². The van der Waals surface area contributed by atoms with E-state index in [4.69, 9.17) is 9.84 Å². The summed E-state index contributed by atoms with van der Waals surface area (Å²) in [5.41, 5.74) is 2.12. The number of aryl methyl sites for hydroxylation is 1. The summed E-state index contributed by atoms with van der Waals surface area (Å²) in [5, 5.41) is 11.6. The van der Waals surface area contributed by atoms with Gasteiger partial charge in [0, 0.05) is 23.1 Å². The van der Waals surface area contributed by atoms with Crippen LogP contribution in [0.2, 0.25) is 0 Å². The Bertz CT molecular complexity index is 563. The summed E-state index contributed by atoms with van der Waals surface area (Å²) in [6, 6.07) is 7.82. The summed E-state index contributed by atoms with van der Waals surface area (Å²) in [4.78, 5) is 14.8. The molecule has 106 valence electrons. The Morgan fingerprint density at radius 2 is 2.05 bits per heavy atom. The van der Waals surface area contributed by atoms with Crippen molar-refractivity contribution in [3.05, 3.63) is 35.3 Å². The number of carboxylic acid groups (broad SMARTS) is 1. The maximum atomic E-state index is 10.4. The molecule has 0 radical (unpaired) electrons. The molecule has 2 aromatic rings. The number of thiazole rings is 1. The number of unbranched alkanes of at least 4 members (excludes halogenated alkanes) is 1. The number of ether oxygens (including phenoxy) is 1. The minimum Gasteiger partial charge on any atom is -0.494 e. The standard InChI is InChI=1S/C15H17NO3S/c1-11-10-20-15(16-11)12-5-7-13(8-6-12)19-9-3-2-4-14(17)18/h5-8,10H,2-4,9H2,1H3,(H,17,18). The Morgan fingerprint density at radius 1 is 1.30 bits per heavy atom. The largest absolute Gasteiger partial charge is 0.494 e. The number of carbonyl (C=O) groups is 1. The first kappa shape index (κ1) is 14.5. The number of hydrogen-bond donors (Lipinski definition) is 1. The maximum absolute atomic E-state index is 10.4. The highest BCUT2D eigenvalue weighted by Gasteiger charge is 2.03. The van der Waals surface area contributed by atoms with E-state index < -0.39 is 5.97 Å². The van der Waals surface area contributed by atoms with Crippen LogP contribution in [0, 0.1) is 6.92 Å². The second-order valence-electron chi connectivity index (χ2n) is 4.52. The molecule has 4 nitrogen and oxygen atoms in total. The summed E-state index contributed by atoms with van der Waals surface area (Å²) in [7, 11) is 0. The molecule has 0 aliphatic rings. The van der Waals surface area contributed by atoms with Crippen LogP contribution >= 0.6 is 11.3 Å². The smallest absolute Gasteiger partial charge is 0.303 e. The first-order valence-corrected chi connectivity index (χ1v) is 7.40. The van der Waals surface area contributed by atoms with E-state index in [0.29, 0.717) is 13.0 Å². The molecule has 1 aromatic carbocycles. The lowest BCUT2D eigenvalue weighted by Crippen LogP contribution is -2.00. The molecule has 0 atom stereocenters. The zero-order chi connectivity index (χ0) is 14.4. The van der Waals surface area contributed by atoms with Crippen LogP contribution in [0.1, 0.15) is 25.0 Å². The fourth-order valence-electron chi connectivity index (χ4n) is 1.75. The van der Waals surface area contributed by atoms with E-state index in [0.717, 1.165) is 28.4 Å². The van der Waals surface area contributed by atoms with E-state index in [1.807, 2.05) is 36.6 Å². The predicted molar refractivity (Wildman–Crippen MR) is 79.3 cm³/mol. The van der Waals surface area contributed by atoms with Gasteiger partial charge >= 0.3 is 5.97 Å². The minimum absolute atomic E-state index is 0.200. The first-order valence-electron chi connectivity index (χ1n) is 6.52. The van der Waals surface area contributed by atoms with Crippen LogP contribution < -0.4 is 4.74 Å². The van der Waals surface area contributed by atoms with E-state index in [1.54, 1.807) is 11.3 Å². The number of carboxylic acids is 1. The minimum atomic E-state index is -0.756. The summed E-state index contributed by atoms with van der Waals surface area (Å²) in [5.74, 6) is 0.0467. The normalized spacial score (nSPS) is 10.4. The molecule has 0 amide bonds. The molecule has 0 aliphatic carbocycles. The van der Waals surface area contributed by atoms with E-state index in [-0.39, 0.29) is 6.42 Å². The van der Waals surface area contributed by atoms with Gasteiger partial charge in [-0.25, -0.2) is 4.98 Å². The van der Waals surface area contributed by atoms with Gasteiger partial charge in [-0.15, -0.1) is 11.3 Å². The van der Waals surface area contributed by atoms with Gasteiger partial charge in [0.15, 0.2) is 0 Å². The van der Waals surface area contributed by atoms with E-state index >= 15 is 0 Å². The van der Waals surface area contributed by atoms with Crippen molar-refractivity contribution >= 4 is 17.3 Å². The third kappa shape index (κ3) is 4.35. The lowest BCUT2D eigenvalue weighted by molar-refractivity contribution is -0.137. The number of benzene rings is 1. The average molecular weight is 291 g/mol. The van der Waals surface area contributed by atoms with Gasteiger partial charge in [-0.1, -0.05) is 0 Å². The molecule has 20 heavy (non-hydrogen) atoms. The molecule has 1 N–H and O–H groups in total. The van der Waals surface area contributed by atoms with Crippen molar-refractivity contribution in [1.82, 2.24) is 4.98 Å². The second-order valence-corrected chi connectivity index (χ2v) is 5.38. The van der Waals surface area contributed by atoms with Crippen LogP contribution in [-0.4, -0.2) is 22.7 Å².